The van der Waals surface area contributed by atoms with Crippen molar-refractivity contribution in [1.82, 2.24) is 15.3 Å². The van der Waals surface area contributed by atoms with Crippen molar-refractivity contribution in [2.45, 2.75) is 51.7 Å². The van der Waals surface area contributed by atoms with Crippen molar-refractivity contribution in [1.29, 1.82) is 0 Å². The van der Waals surface area contributed by atoms with Gasteiger partial charge in [0.25, 0.3) is 0 Å². The maximum Gasteiger partial charge on any atom is 0.416 e. The molecule has 5 N–H and O–H groups in total. The summed E-state index contributed by atoms with van der Waals surface area (Å²) in [6.45, 7) is 6.73. The third kappa shape index (κ3) is 4.95. The van der Waals surface area contributed by atoms with Crippen LogP contribution in [0.4, 0.5) is 30.4 Å². The Bertz CT molecular complexity index is 861. The molecule has 1 aromatic heterocycles. The molecular weight excluding hydrogens is 393 g/mol. The number of unbranched alkanes of at least 4 members (excludes halogenated alkanes) is 1. The van der Waals surface area contributed by atoms with Crippen molar-refractivity contribution in [2.75, 3.05) is 36.0 Å². The summed E-state index contributed by atoms with van der Waals surface area (Å²) in [5, 5.41) is 3.45. The van der Waals surface area contributed by atoms with Crippen LogP contribution in [-0.4, -0.2) is 35.6 Å². The van der Waals surface area contributed by atoms with Gasteiger partial charge in [-0.15, -0.1) is 0 Å². The summed E-state index contributed by atoms with van der Waals surface area (Å²) in [5.41, 5.74) is 12.0. The second kappa shape index (κ2) is 9.07. The standard InChI is InChI=1S/C21H29F3N6/c1-3-5-6-14-11-18(30-8-7-15(12-30)27-4-2)29-20(28-14)19-16(25)9-13(10-17(19)26)21(22,23)24/h9-11,15,27H,3-8,12,25-26H2,1-2H3. The number of benzene rings is 1. The van der Waals surface area contributed by atoms with E-state index in [0.717, 1.165) is 69.0 Å². The molecule has 2 heterocycles. The summed E-state index contributed by atoms with van der Waals surface area (Å²) >= 11 is 0. The lowest BCUT2D eigenvalue weighted by Crippen LogP contribution is -2.32. The zero-order valence-electron chi connectivity index (χ0n) is 17.4. The molecule has 30 heavy (non-hydrogen) atoms. The number of hydrogen-bond donors (Lipinski definition) is 3. The highest BCUT2D eigenvalue weighted by molar-refractivity contribution is 5.84. The molecule has 0 amide bonds. The highest BCUT2D eigenvalue weighted by Crippen LogP contribution is 2.38. The smallest absolute Gasteiger partial charge is 0.398 e. The van der Waals surface area contributed by atoms with Gasteiger partial charge in [0.1, 0.15) is 5.82 Å². The number of anilines is 3. The van der Waals surface area contributed by atoms with Crippen LogP contribution in [-0.2, 0) is 12.6 Å². The molecule has 6 nitrogen and oxygen atoms in total. The topological polar surface area (TPSA) is 93.1 Å². The van der Waals surface area contributed by atoms with Crippen LogP contribution in [0.2, 0.25) is 0 Å². The van der Waals surface area contributed by atoms with E-state index in [1.165, 1.54) is 0 Å². The van der Waals surface area contributed by atoms with Gasteiger partial charge >= 0.3 is 6.18 Å². The number of nitrogens with one attached hydrogen (secondary N) is 1. The first-order valence-electron chi connectivity index (χ1n) is 10.4. The minimum atomic E-state index is -4.52. The summed E-state index contributed by atoms with van der Waals surface area (Å²) in [6.07, 6.45) is -0.808. The van der Waals surface area contributed by atoms with E-state index in [0.29, 0.717) is 6.04 Å². The van der Waals surface area contributed by atoms with E-state index in [-0.39, 0.29) is 22.8 Å². The van der Waals surface area contributed by atoms with Gasteiger partial charge in [-0.25, -0.2) is 9.97 Å². The Labute approximate surface area is 174 Å². The number of aromatic nitrogens is 2. The Kier molecular flexibility index (Phi) is 6.70. The van der Waals surface area contributed by atoms with Crippen molar-refractivity contribution in [3.63, 3.8) is 0 Å². The van der Waals surface area contributed by atoms with E-state index in [1.54, 1.807) is 0 Å². The van der Waals surface area contributed by atoms with E-state index >= 15 is 0 Å². The van der Waals surface area contributed by atoms with Gasteiger partial charge in [0.05, 0.1) is 11.1 Å². The quantitative estimate of drug-likeness (QED) is 0.587. The molecule has 0 saturated carbocycles. The number of nitrogens with zero attached hydrogens (tertiary/aromatic N) is 3. The SMILES string of the molecule is CCCCc1cc(N2CCC(NCC)C2)nc(-c2c(N)cc(C(F)(F)F)cc2N)n1. The fraction of sp³-hybridized carbons (Fsp3) is 0.524. The van der Waals surface area contributed by atoms with E-state index in [1.807, 2.05) is 6.07 Å². The maximum absolute atomic E-state index is 13.1. The summed E-state index contributed by atoms with van der Waals surface area (Å²) in [5.74, 6) is 1.03. The lowest BCUT2D eigenvalue weighted by Gasteiger charge is -2.20. The predicted octanol–water partition coefficient (Wildman–Crippen LogP) is 3.86. The number of hydrogen-bond acceptors (Lipinski definition) is 6. The van der Waals surface area contributed by atoms with E-state index in [9.17, 15) is 13.2 Å². The highest BCUT2D eigenvalue weighted by atomic mass is 19.4. The number of nitrogens with two attached hydrogens (primary N) is 2. The number of aryl methyl sites for hydroxylation is 1. The predicted molar refractivity (Wildman–Crippen MR) is 114 cm³/mol. The van der Waals surface area contributed by atoms with Gasteiger partial charge in [-0.3, -0.25) is 0 Å². The Morgan fingerprint density at radius 2 is 1.83 bits per heavy atom. The van der Waals surface area contributed by atoms with Crippen LogP contribution in [0, 0.1) is 0 Å². The van der Waals surface area contributed by atoms with Gasteiger partial charge in [0.15, 0.2) is 5.82 Å². The molecule has 1 unspecified atom stereocenters. The summed E-state index contributed by atoms with van der Waals surface area (Å²) in [4.78, 5) is 11.4. The van der Waals surface area contributed by atoms with Crippen molar-refractivity contribution in [3.8, 4) is 11.4 Å². The Hall–Kier alpha value is -2.55. The van der Waals surface area contributed by atoms with Crippen LogP contribution < -0.4 is 21.7 Å². The van der Waals surface area contributed by atoms with Gasteiger partial charge in [-0.1, -0.05) is 20.3 Å². The van der Waals surface area contributed by atoms with Gasteiger partial charge in [-0.2, -0.15) is 13.2 Å². The fourth-order valence-electron chi connectivity index (χ4n) is 3.78. The molecule has 1 aliphatic rings. The molecular formula is C21H29F3N6. The third-order valence-electron chi connectivity index (χ3n) is 5.31. The Morgan fingerprint density at radius 3 is 2.43 bits per heavy atom. The summed E-state index contributed by atoms with van der Waals surface area (Å²) < 4.78 is 39.3. The number of alkyl halides is 3. The van der Waals surface area contributed by atoms with E-state index in [4.69, 9.17) is 11.5 Å². The largest absolute Gasteiger partial charge is 0.416 e. The first kappa shape index (κ1) is 22.1. The van der Waals surface area contributed by atoms with Crippen molar-refractivity contribution in [3.05, 3.63) is 29.5 Å². The summed E-state index contributed by atoms with van der Waals surface area (Å²) in [6, 6.07) is 4.13. The van der Waals surface area contributed by atoms with E-state index in [2.05, 4.69) is 34.0 Å². The second-order valence-electron chi connectivity index (χ2n) is 7.66. The molecule has 1 aliphatic heterocycles. The molecule has 1 atom stereocenters. The Balaban J connectivity index is 2.02. The molecule has 0 aliphatic carbocycles. The Morgan fingerprint density at radius 1 is 1.13 bits per heavy atom. The first-order chi connectivity index (χ1) is 14.2. The second-order valence-corrected chi connectivity index (χ2v) is 7.66. The summed E-state index contributed by atoms with van der Waals surface area (Å²) in [7, 11) is 0. The molecule has 1 aromatic carbocycles. The zero-order chi connectivity index (χ0) is 21.9. The lowest BCUT2D eigenvalue weighted by molar-refractivity contribution is -0.137. The average Bonchev–Trinajstić information content (AvgIpc) is 3.14. The molecule has 0 radical (unpaired) electrons. The van der Waals surface area contributed by atoms with Crippen molar-refractivity contribution in [2.24, 2.45) is 0 Å². The fourth-order valence-corrected chi connectivity index (χ4v) is 3.78. The van der Waals surface area contributed by atoms with Crippen LogP contribution in [0.1, 0.15) is 44.4 Å². The average molecular weight is 422 g/mol. The zero-order valence-corrected chi connectivity index (χ0v) is 17.4. The number of rotatable bonds is 7. The minimum Gasteiger partial charge on any atom is -0.398 e. The monoisotopic (exact) mass is 422 g/mol. The first-order valence-corrected chi connectivity index (χ1v) is 10.4. The van der Waals surface area contributed by atoms with Gasteiger partial charge in [0, 0.05) is 42.3 Å². The molecule has 1 fully saturated rings. The number of likely N-dealkylation sites (N-methyl/N-ethyl adjacent to an activating group) is 1. The molecule has 164 valence electrons. The highest BCUT2D eigenvalue weighted by Gasteiger charge is 2.32. The molecule has 2 aromatic rings. The lowest BCUT2D eigenvalue weighted by atomic mass is 10.0. The van der Waals surface area contributed by atoms with Gasteiger partial charge in [0.2, 0.25) is 0 Å². The number of halogens is 3. The maximum atomic E-state index is 13.1. The molecule has 0 bridgehead atoms. The van der Waals surface area contributed by atoms with Crippen molar-refractivity contribution >= 4 is 17.2 Å². The van der Waals surface area contributed by atoms with Crippen LogP contribution >= 0.6 is 0 Å². The molecule has 3 rings (SSSR count). The van der Waals surface area contributed by atoms with Gasteiger partial charge in [-0.05, 0) is 37.9 Å². The normalized spacial score (nSPS) is 17.0. The van der Waals surface area contributed by atoms with Crippen LogP contribution in [0.5, 0.6) is 0 Å². The van der Waals surface area contributed by atoms with E-state index < -0.39 is 11.7 Å². The molecule has 9 heteroatoms. The molecule has 1 saturated heterocycles. The third-order valence-corrected chi connectivity index (χ3v) is 5.31. The molecule has 0 spiro atoms. The number of nitrogen functional groups attached to an aromatic ring is 2. The van der Waals surface area contributed by atoms with Gasteiger partial charge < -0.3 is 21.7 Å². The minimum absolute atomic E-state index is 0.0761. The van der Waals surface area contributed by atoms with Crippen LogP contribution in [0.15, 0.2) is 18.2 Å². The van der Waals surface area contributed by atoms with Crippen LogP contribution in [0.25, 0.3) is 11.4 Å². The van der Waals surface area contributed by atoms with Crippen LogP contribution in [0.3, 0.4) is 0 Å². The van der Waals surface area contributed by atoms with Crippen molar-refractivity contribution < 1.29 is 13.2 Å².